The van der Waals surface area contributed by atoms with Crippen molar-refractivity contribution in [3.05, 3.63) is 71.8 Å². The summed E-state index contributed by atoms with van der Waals surface area (Å²) in [5, 5.41) is 1.70. The van der Waals surface area contributed by atoms with Gasteiger partial charge in [-0.05, 0) is 18.2 Å². The standard InChI is InChI=1S/C19H21ClN2O2/c1-21-12-14-22(15-13-21)24-18(23)19(20,16-8-4-2-5-9-16)17-10-6-3-7-11-17/h2-11H,12-15H2,1H3. The molecule has 0 aliphatic carbocycles. The van der Waals surface area contributed by atoms with Crippen molar-refractivity contribution in [3.8, 4) is 0 Å². The van der Waals surface area contributed by atoms with Crippen LogP contribution in [0.1, 0.15) is 11.1 Å². The van der Waals surface area contributed by atoms with E-state index in [0.717, 1.165) is 13.1 Å². The van der Waals surface area contributed by atoms with Crippen LogP contribution in [0.15, 0.2) is 60.7 Å². The predicted octanol–water partition coefficient (Wildman–Crippen LogP) is 2.87. The van der Waals surface area contributed by atoms with Crippen molar-refractivity contribution in [2.24, 2.45) is 0 Å². The molecule has 0 aromatic heterocycles. The topological polar surface area (TPSA) is 32.8 Å². The Balaban J connectivity index is 1.89. The van der Waals surface area contributed by atoms with Gasteiger partial charge in [0.2, 0.25) is 0 Å². The van der Waals surface area contributed by atoms with Crippen LogP contribution in [-0.4, -0.2) is 49.2 Å². The third kappa shape index (κ3) is 3.46. The Morgan fingerprint density at radius 1 is 0.917 bits per heavy atom. The number of hydroxylamine groups is 2. The lowest BCUT2D eigenvalue weighted by molar-refractivity contribution is -0.199. The maximum absolute atomic E-state index is 13.0. The molecule has 0 radical (unpaired) electrons. The maximum Gasteiger partial charge on any atom is 0.355 e. The second-order valence-corrected chi connectivity index (χ2v) is 6.57. The quantitative estimate of drug-likeness (QED) is 0.798. The molecule has 2 aromatic carbocycles. The molecular formula is C19H21ClN2O2. The number of alkyl halides is 1. The van der Waals surface area contributed by atoms with Gasteiger partial charge in [0.25, 0.3) is 0 Å². The highest BCUT2D eigenvalue weighted by Gasteiger charge is 2.43. The fraction of sp³-hybridized carbons (Fsp3) is 0.316. The van der Waals surface area contributed by atoms with E-state index in [1.807, 2.05) is 60.7 Å². The highest BCUT2D eigenvalue weighted by Crippen LogP contribution is 2.38. The van der Waals surface area contributed by atoms with Gasteiger partial charge in [0.1, 0.15) is 0 Å². The molecule has 3 rings (SSSR count). The van der Waals surface area contributed by atoms with Gasteiger partial charge in [0.05, 0.1) is 0 Å². The first-order valence-corrected chi connectivity index (χ1v) is 8.44. The number of nitrogens with zero attached hydrogens (tertiary/aromatic N) is 2. The molecule has 1 aliphatic heterocycles. The second-order valence-electron chi connectivity index (χ2n) is 6.00. The third-order valence-corrected chi connectivity index (χ3v) is 4.89. The van der Waals surface area contributed by atoms with Crippen molar-refractivity contribution in [2.75, 3.05) is 33.2 Å². The largest absolute Gasteiger partial charge is 0.366 e. The van der Waals surface area contributed by atoms with E-state index in [4.69, 9.17) is 16.4 Å². The fourth-order valence-electron chi connectivity index (χ4n) is 2.80. The molecule has 0 N–H and O–H groups in total. The summed E-state index contributed by atoms with van der Waals surface area (Å²) in [6.45, 7) is 3.08. The van der Waals surface area contributed by atoms with E-state index < -0.39 is 10.8 Å². The average molecular weight is 345 g/mol. The Hall–Kier alpha value is -1.88. The third-order valence-electron chi connectivity index (χ3n) is 4.30. The van der Waals surface area contributed by atoms with Crippen LogP contribution in [0.3, 0.4) is 0 Å². The van der Waals surface area contributed by atoms with Crippen LogP contribution in [0.4, 0.5) is 0 Å². The van der Waals surface area contributed by atoms with Crippen LogP contribution in [0.2, 0.25) is 0 Å². The molecule has 1 aliphatic rings. The summed E-state index contributed by atoms with van der Waals surface area (Å²) in [6.07, 6.45) is 0. The first-order chi connectivity index (χ1) is 11.6. The number of carbonyl (C=O) groups excluding carboxylic acids is 1. The highest BCUT2D eigenvalue weighted by atomic mass is 35.5. The van der Waals surface area contributed by atoms with Gasteiger partial charge in [0.15, 0.2) is 4.87 Å². The molecule has 0 bridgehead atoms. The zero-order chi connectivity index (χ0) is 17.0. The minimum absolute atomic E-state index is 0.467. The number of rotatable bonds is 4. The van der Waals surface area contributed by atoms with E-state index in [-0.39, 0.29) is 0 Å². The minimum atomic E-state index is -1.36. The van der Waals surface area contributed by atoms with Crippen LogP contribution >= 0.6 is 11.6 Å². The van der Waals surface area contributed by atoms with Gasteiger partial charge in [-0.15, -0.1) is 5.06 Å². The molecule has 1 saturated heterocycles. The molecule has 0 saturated carbocycles. The lowest BCUT2D eigenvalue weighted by Gasteiger charge is -2.34. The molecule has 24 heavy (non-hydrogen) atoms. The molecule has 2 aromatic rings. The van der Waals surface area contributed by atoms with Gasteiger partial charge in [-0.25, -0.2) is 4.79 Å². The first kappa shape index (κ1) is 17.0. The molecule has 1 heterocycles. The Labute approximate surface area is 147 Å². The van der Waals surface area contributed by atoms with Gasteiger partial charge in [0, 0.05) is 26.2 Å². The fourth-order valence-corrected chi connectivity index (χ4v) is 3.08. The molecular weight excluding hydrogens is 324 g/mol. The maximum atomic E-state index is 13.0. The smallest absolute Gasteiger partial charge is 0.355 e. The summed E-state index contributed by atoms with van der Waals surface area (Å²) in [4.78, 5) is 19.5. The molecule has 0 spiro atoms. The number of likely N-dealkylation sites (N-methyl/N-ethyl adjacent to an activating group) is 1. The minimum Gasteiger partial charge on any atom is -0.366 e. The van der Waals surface area contributed by atoms with E-state index >= 15 is 0 Å². The van der Waals surface area contributed by atoms with Crippen LogP contribution in [-0.2, 0) is 14.5 Å². The summed E-state index contributed by atoms with van der Waals surface area (Å²) >= 11 is 6.88. The molecule has 0 atom stereocenters. The SMILES string of the molecule is CN1CCN(OC(=O)C(Cl)(c2ccccc2)c2ccccc2)CC1. The Kier molecular flexibility index (Phi) is 5.19. The lowest BCUT2D eigenvalue weighted by Crippen LogP contribution is -2.47. The van der Waals surface area contributed by atoms with Crippen LogP contribution in [0.5, 0.6) is 0 Å². The molecule has 1 fully saturated rings. The van der Waals surface area contributed by atoms with Crippen molar-refractivity contribution in [2.45, 2.75) is 4.87 Å². The van der Waals surface area contributed by atoms with E-state index in [1.54, 1.807) is 5.06 Å². The summed E-state index contributed by atoms with van der Waals surface area (Å²) in [5.41, 5.74) is 1.41. The predicted molar refractivity (Wildman–Crippen MR) is 94.7 cm³/mol. The van der Waals surface area contributed by atoms with Crippen molar-refractivity contribution < 1.29 is 9.63 Å². The molecule has 5 heteroatoms. The number of piperazine rings is 1. The van der Waals surface area contributed by atoms with E-state index in [9.17, 15) is 4.79 Å². The normalized spacial score (nSPS) is 16.8. The Morgan fingerprint density at radius 3 is 1.83 bits per heavy atom. The Bertz CT molecular complexity index is 631. The highest BCUT2D eigenvalue weighted by molar-refractivity contribution is 6.36. The summed E-state index contributed by atoms with van der Waals surface area (Å²) in [7, 11) is 2.05. The van der Waals surface area contributed by atoms with Gasteiger partial charge >= 0.3 is 5.97 Å². The monoisotopic (exact) mass is 344 g/mol. The van der Waals surface area contributed by atoms with Gasteiger partial charge in [-0.1, -0.05) is 72.3 Å². The van der Waals surface area contributed by atoms with Gasteiger partial charge < -0.3 is 9.74 Å². The molecule has 0 amide bonds. The summed E-state index contributed by atoms with van der Waals surface area (Å²) in [5.74, 6) is -0.467. The number of hydrogen-bond acceptors (Lipinski definition) is 4. The van der Waals surface area contributed by atoms with Crippen molar-refractivity contribution >= 4 is 17.6 Å². The van der Waals surface area contributed by atoms with E-state index in [1.165, 1.54) is 0 Å². The Morgan fingerprint density at radius 2 is 1.38 bits per heavy atom. The van der Waals surface area contributed by atoms with Crippen molar-refractivity contribution in [1.29, 1.82) is 0 Å². The number of carbonyl (C=O) groups is 1. The van der Waals surface area contributed by atoms with Gasteiger partial charge in [-0.2, -0.15) is 0 Å². The van der Waals surface area contributed by atoms with Crippen molar-refractivity contribution in [1.82, 2.24) is 9.96 Å². The summed E-state index contributed by atoms with van der Waals surface area (Å²) < 4.78 is 0. The van der Waals surface area contributed by atoms with Gasteiger partial charge in [-0.3, -0.25) is 0 Å². The van der Waals surface area contributed by atoms with E-state index in [2.05, 4.69) is 11.9 Å². The van der Waals surface area contributed by atoms with Crippen molar-refractivity contribution in [3.63, 3.8) is 0 Å². The van der Waals surface area contributed by atoms with Crippen LogP contribution in [0.25, 0.3) is 0 Å². The first-order valence-electron chi connectivity index (χ1n) is 8.06. The molecule has 0 unspecified atom stereocenters. The number of halogens is 1. The van der Waals surface area contributed by atoms with E-state index in [0.29, 0.717) is 24.2 Å². The number of hydrogen-bond donors (Lipinski definition) is 0. The summed E-state index contributed by atoms with van der Waals surface area (Å²) in [6, 6.07) is 18.7. The molecule has 4 nitrogen and oxygen atoms in total. The molecule has 126 valence electrons. The zero-order valence-electron chi connectivity index (χ0n) is 13.7. The van der Waals surface area contributed by atoms with Crippen LogP contribution in [0, 0.1) is 0 Å². The average Bonchev–Trinajstić information content (AvgIpc) is 2.64. The number of benzene rings is 2. The van der Waals surface area contributed by atoms with Crippen LogP contribution < -0.4 is 0 Å². The zero-order valence-corrected chi connectivity index (χ0v) is 14.4. The second kappa shape index (κ2) is 7.34. The lowest BCUT2D eigenvalue weighted by atomic mass is 9.90.